The van der Waals surface area contributed by atoms with Gasteiger partial charge in [0.15, 0.2) is 0 Å². The van der Waals surface area contributed by atoms with Gasteiger partial charge in [0, 0.05) is 22.9 Å². The summed E-state index contributed by atoms with van der Waals surface area (Å²) in [5.41, 5.74) is 9.86. The highest BCUT2D eigenvalue weighted by Gasteiger charge is 2.13. The van der Waals surface area contributed by atoms with Crippen molar-refractivity contribution in [3.8, 4) is 5.75 Å². The molecule has 3 heteroatoms. The van der Waals surface area contributed by atoms with Gasteiger partial charge in [0.2, 0.25) is 0 Å². The summed E-state index contributed by atoms with van der Waals surface area (Å²) in [5, 5.41) is 1.67. The molecule has 0 N–H and O–H groups in total. The monoisotopic (exact) mass is 383 g/mol. The van der Waals surface area contributed by atoms with Gasteiger partial charge in [-0.3, -0.25) is 4.98 Å². The molecule has 0 bridgehead atoms. The Balaban J connectivity index is 2.48. The number of ether oxygens (including phenoxy) is 1. The van der Waals surface area contributed by atoms with Crippen molar-refractivity contribution in [2.75, 3.05) is 5.88 Å². The molecule has 144 valence electrons. The summed E-state index contributed by atoms with van der Waals surface area (Å²) in [5.74, 6) is 1.26. The van der Waals surface area contributed by atoms with Crippen LogP contribution in [0.15, 0.2) is 18.2 Å². The third-order valence-corrected chi connectivity index (χ3v) is 5.75. The molecule has 0 saturated carbocycles. The van der Waals surface area contributed by atoms with E-state index in [0.29, 0.717) is 12.5 Å². The highest BCUT2D eigenvalue weighted by atomic mass is 35.5. The first-order chi connectivity index (χ1) is 12.7. The van der Waals surface area contributed by atoms with Gasteiger partial charge in [-0.25, -0.2) is 0 Å². The first kappa shape index (κ1) is 21.2. The Hall–Kier alpha value is -2.06. The van der Waals surface area contributed by atoms with Crippen molar-refractivity contribution in [3.05, 3.63) is 67.9 Å². The van der Waals surface area contributed by atoms with Crippen molar-refractivity contribution < 1.29 is 4.74 Å². The van der Waals surface area contributed by atoms with Crippen molar-refractivity contribution in [1.29, 1.82) is 0 Å². The number of halogens is 1. The number of allylic oxidation sites excluding steroid dienone is 2. The molecule has 0 spiro atoms. The second-order valence-corrected chi connectivity index (χ2v) is 7.53. The lowest BCUT2D eigenvalue weighted by Crippen LogP contribution is -2.31. The van der Waals surface area contributed by atoms with E-state index in [1.54, 1.807) is 0 Å². The molecule has 0 aliphatic carbocycles. The molecular weight excluding hydrogens is 354 g/mol. The van der Waals surface area contributed by atoms with Crippen LogP contribution in [0.5, 0.6) is 5.75 Å². The van der Waals surface area contributed by atoms with Gasteiger partial charge in [-0.1, -0.05) is 18.7 Å². The molecule has 27 heavy (non-hydrogen) atoms. The number of hydrogen-bond donors (Lipinski definition) is 0. The third kappa shape index (κ3) is 4.44. The summed E-state index contributed by atoms with van der Waals surface area (Å²) in [7, 11) is 0. The Kier molecular flexibility index (Phi) is 6.89. The maximum absolute atomic E-state index is 6.24. The number of aromatic nitrogens is 1. The Morgan fingerprint density at radius 3 is 2.15 bits per heavy atom. The Labute approximate surface area is 168 Å². The second kappa shape index (κ2) is 8.75. The summed E-state index contributed by atoms with van der Waals surface area (Å²) < 4.78 is 6.24. The second-order valence-electron chi connectivity index (χ2n) is 7.22. The zero-order valence-electron chi connectivity index (χ0n) is 17.6. The first-order valence-corrected chi connectivity index (χ1v) is 9.81. The van der Waals surface area contributed by atoms with Crippen LogP contribution in [0.3, 0.4) is 0 Å². The fourth-order valence-corrected chi connectivity index (χ4v) is 3.46. The predicted molar refractivity (Wildman–Crippen MR) is 117 cm³/mol. The fraction of sp³-hybridized carbons (Fsp3) is 0.375. The average Bonchev–Trinajstić information content (AvgIpc) is 2.65. The van der Waals surface area contributed by atoms with E-state index in [-0.39, 0.29) is 0 Å². The van der Waals surface area contributed by atoms with Gasteiger partial charge in [0.05, 0.1) is 5.35 Å². The van der Waals surface area contributed by atoms with E-state index in [2.05, 4.69) is 46.2 Å². The summed E-state index contributed by atoms with van der Waals surface area (Å²) in [6, 6.07) is 1.96. The minimum atomic E-state index is 0.476. The number of pyridine rings is 1. The molecular formula is C24H30ClNO. The van der Waals surface area contributed by atoms with Crippen LogP contribution in [0.25, 0.3) is 12.2 Å². The van der Waals surface area contributed by atoms with Crippen LogP contribution < -0.4 is 15.3 Å². The summed E-state index contributed by atoms with van der Waals surface area (Å²) in [6.07, 6.45) is 3.89. The Bertz CT molecular complexity index is 973. The molecule has 1 aromatic carbocycles. The molecule has 0 radical (unpaired) electrons. The number of alkyl halides is 1. The van der Waals surface area contributed by atoms with Crippen LogP contribution in [-0.4, -0.2) is 10.9 Å². The largest absolute Gasteiger partial charge is 0.488 e. The topological polar surface area (TPSA) is 22.1 Å². The van der Waals surface area contributed by atoms with Gasteiger partial charge in [0.1, 0.15) is 12.4 Å². The van der Waals surface area contributed by atoms with Crippen molar-refractivity contribution in [1.82, 2.24) is 4.98 Å². The maximum atomic E-state index is 6.24. The van der Waals surface area contributed by atoms with E-state index in [1.165, 1.54) is 33.4 Å². The van der Waals surface area contributed by atoms with Crippen molar-refractivity contribution in [2.45, 2.75) is 55.1 Å². The molecule has 0 fully saturated rings. The molecule has 0 atom stereocenters. The standard InChI is InChI=1S/C24H30ClNO/c1-14(10-9-11-25)24-21(8)23(12-15(2)26-24)27-13-22-19(6)17(4)16(3)18(5)20(22)7/h9-10,12H,8,11,13H2,1-7H3/b10-9-,24-14+. The van der Waals surface area contributed by atoms with Crippen LogP contribution in [0.4, 0.5) is 0 Å². The van der Waals surface area contributed by atoms with Gasteiger partial charge in [0.25, 0.3) is 0 Å². The molecule has 0 aliphatic heterocycles. The highest BCUT2D eigenvalue weighted by molar-refractivity contribution is 6.18. The van der Waals surface area contributed by atoms with E-state index in [1.807, 2.05) is 32.1 Å². The zero-order chi connectivity index (χ0) is 20.3. The molecule has 2 rings (SSSR count). The summed E-state index contributed by atoms with van der Waals surface area (Å²) in [4.78, 5) is 4.64. The van der Waals surface area contributed by atoms with Gasteiger partial charge in [-0.15, -0.1) is 11.6 Å². The normalized spacial score (nSPS) is 12.6. The molecule has 0 saturated heterocycles. The van der Waals surface area contributed by atoms with Gasteiger partial charge < -0.3 is 4.74 Å². The van der Waals surface area contributed by atoms with Gasteiger partial charge in [-0.05, 0) is 87.4 Å². The molecule has 1 aromatic heterocycles. The predicted octanol–water partition coefficient (Wildman–Crippen LogP) is 4.89. The quantitative estimate of drug-likeness (QED) is 0.686. The minimum Gasteiger partial charge on any atom is -0.488 e. The Morgan fingerprint density at radius 1 is 1.04 bits per heavy atom. The lowest BCUT2D eigenvalue weighted by molar-refractivity contribution is 0.301. The lowest BCUT2D eigenvalue weighted by atomic mass is 9.90. The van der Waals surface area contributed by atoms with E-state index >= 15 is 0 Å². The maximum Gasteiger partial charge on any atom is 0.130 e. The zero-order valence-corrected chi connectivity index (χ0v) is 18.3. The van der Waals surface area contributed by atoms with Crippen molar-refractivity contribution in [2.24, 2.45) is 0 Å². The molecule has 0 aliphatic rings. The summed E-state index contributed by atoms with van der Waals surface area (Å²) >= 11 is 5.76. The van der Waals surface area contributed by atoms with Crippen LogP contribution in [-0.2, 0) is 6.61 Å². The van der Waals surface area contributed by atoms with E-state index in [4.69, 9.17) is 16.3 Å². The summed E-state index contributed by atoms with van der Waals surface area (Å²) in [6.45, 7) is 19.7. The number of rotatable bonds is 5. The van der Waals surface area contributed by atoms with Crippen molar-refractivity contribution >= 4 is 23.8 Å². The van der Waals surface area contributed by atoms with Crippen molar-refractivity contribution in [3.63, 3.8) is 0 Å². The minimum absolute atomic E-state index is 0.476. The lowest BCUT2D eigenvalue weighted by Gasteiger charge is -2.19. The van der Waals surface area contributed by atoms with Crippen LogP contribution >= 0.6 is 11.6 Å². The third-order valence-electron chi connectivity index (χ3n) is 5.57. The van der Waals surface area contributed by atoms with E-state index < -0.39 is 0 Å². The van der Waals surface area contributed by atoms with E-state index in [0.717, 1.165) is 27.6 Å². The molecule has 0 amide bonds. The van der Waals surface area contributed by atoms with Gasteiger partial charge >= 0.3 is 0 Å². The number of benzene rings is 1. The molecule has 2 aromatic rings. The number of hydrogen-bond acceptors (Lipinski definition) is 2. The smallest absolute Gasteiger partial charge is 0.130 e. The SMILES string of the molecule is C=c1c(OCc2c(C)c(C)c(C)c(C)c2C)cc(C)n/c1=C(C)/C=C\CCl. The first-order valence-electron chi connectivity index (χ1n) is 9.27. The molecule has 0 unspecified atom stereocenters. The average molecular weight is 384 g/mol. The van der Waals surface area contributed by atoms with Crippen LogP contribution in [0.1, 0.15) is 46.0 Å². The van der Waals surface area contributed by atoms with Gasteiger partial charge in [-0.2, -0.15) is 0 Å². The molecule has 2 nitrogen and oxygen atoms in total. The van der Waals surface area contributed by atoms with E-state index in [9.17, 15) is 0 Å². The van der Waals surface area contributed by atoms with Crippen LogP contribution in [0.2, 0.25) is 0 Å². The van der Waals surface area contributed by atoms with Crippen LogP contribution in [0, 0.1) is 41.5 Å². The number of nitrogens with zero attached hydrogens (tertiary/aromatic N) is 1. The highest BCUT2D eigenvalue weighted by Crippen LogP contribution is 2.26. The molecule has 1 heterocycles. The number of aryl methyl sites for hydroxylation is 1. The fourth-order valence-electron chi connectivity index (χ4n) is 3.37. The Morgan fingerprint density at radius 2 is 1.59 bits per heavy atom.